The average molecular weight is 385 g/mol. The number of aryl methyl sites for hydroxylation is 1. The summed E-state index contributed by atoms with van der Waals surface area (Å²) in [5.74, 6) is -0.260. The largest absolute Gasteiger partial charge is 0.350 e. The molecule has 0 radical (unpaired) electrons. The minimum atomic E-state index is -0.320. The molecule has 0 bridgehead atoms. The molecular formula is C20H18ClFN4O. The molecule has 0 saturated carbocycles. The predicted molar refractivity (Wildman–Crippen MR) is 103 cm³/mol. The van der Waals surface area contributed by atoms with Gasteiger partial charge in [0.15, 0.2) is 0 Å². The lowest BCUT2D eigenvalue weighted by atomic mass is 10.2. The van der Waals surface area contributed by atoms with Crippen molar-refractivity contribution in [1.82, 2.24) is 15.3 Å². The number of halogens is 2. The molecule has 2 N–H and O–H groups in total. The molecule has 27 heavy (non-hydrogen) atoms. The van der Waals surface area contributed by atoms with Crippen molar-refractivity contribution in [1.29, 1.82) is 0 Å². The molecule has 3 aromatic rings. The van der Waals surface area contributed by atoms with Crippen molar-refractivity contribution < 1.29 is 9.18 Å². The standard InChI is InChI=1S/C20H18ClFN4O/c1-13-10-18(19(27)23-11-15-4-8-17(22)9-5-15)26-20(25-13)24-12-14-2-6-16(21)7-3-14/h2-10H,11-12H2,1H3,(H,23,27)(H,24,25,26). The molecule has 0 fully saturated rings. The smallest absolute Gasteiger partial charge is 0.270 e. The van der Waals surface area contributed by atoms with Gasteiger partial charge in [-0.05, 0) is 48.4 Å². The number of hydrogen-bond donors (Lipinski definition) is 2. The van der Waals surface area contributed by atoms with Crippen molar-refractivity contribution in [3.05, 3.63) is 88.0 Å². The third-order valence-electron chi connectivity index (χ3n) is 3.82. The van der Waals surface area contributed by atoms with Gasteiger partial charge in [0.25, 0.3) is 5.91 Å². The van der Waals surface area contributed by atoms with Crippen LogP contribution in [-0.4, -0.2) is 15.9 Å². The summed E-state index contributed by atoms with van der Waals surface area (Å²) < 4.78 is 12.9. The van der Waals surface area contributed by atoms with E-state index in [1.807, 2.05) is 24.3 Å². The Hall–Kier alpha value is -2.99. The molecule has 0 atom stereocenters. The van der Waals surface area contributed by atoms with Gasteiger partial charge in [0.05, 0.1) is 0 Å². The summed E-state index contributed by atoms with van der Waals surface area (Å²) >= 11 is 5.88. The topological polar surface area (TPSA) is 66.9 Å². The van der Waals surface area contributed by atoms with Gasteiger partial charge in [-0.1, -0.05) is 35.9 Å². The summed E-state index contributed by atoms with van der Waals surface area (Å²) in [6, 6.07) is 15.0. The molecule has 0 aliphatic rings. The molecule has 2 aromatic carbocycles. The van der Waals surface area contributed by atoms with E-state index >= 15 is 0 Å². The second-order valence-electron chi connectivity index (χ2n) is 6.01. The van der Waals surface area contributed by atoms with Gasteiger partial charge in [0.1, 0.15) is 11.5 Å². The van der Waals surface area contributed by atoms with Crippen LogP contribution in [-0.2, 0) is 13.1 Å². The van der Waals surface area contributed by atoms with Crippen LogP contribution in [0.5, 0.6) is 0 Å². The number of nitrogens with one attached hydrogen (secondary N) is 2. The lowest BCUT2D eigenvalue weighted by Gasteiger charge is -2.09. The number of benzene rings is 2. The Kier molecular flexibility index (Phi) is 5.98. The van der Waals surface area contributed by atoms with Crippen molar-refractivity contribution >= 4 is 23.5 Å². The Morgan fingerprint density at radius 1 is 1.00 bits per heavy atom. The molecule has 0 unspecified atom stereocenters. The lowest BCUT2D eigenvalue weighted by molar-refractivity contribution is 0.0945. The molecule has 0 aliphatic heterocycles. The first-order valence-corrected chi connectivity index (χ1v) is 8.74. The summed E-state index contributed by atoms with van der Waals surface area (Å²) in [4.78, 5) is 21.0. The summed E-state index contributed by atoms with van der Waals surface area (Å²) in [6.07, 6.45) is 0. The highest BCUT2D eigenvalue weighted by molar-refractivity contribution is 6.30. The van der Waals surface area contributed by atoms with E-state index in [1.54, 1.807) is 25.1 Å². The Morgan fingerprint density at radius 3 is 2.33 bits per heavy atom. The molecule has 1 aromatic heterocycles. The number of carbonyl (C=O) groups is 1. The monoisotopic (exact) mass is 384 g/mol. The second-order valence-corrected chi connectivity index (χ2v) is 6.44. The molecule has 7 heteroatoms. The van der Waals surface area contributed by atoms with E-state index < -0.39 is 0 Å². The Balaban J connectivity index is 1.63. The van der Waals surface area contributed by atoms with Crippen LogP contribution in [0.3, 0.4) is 0 Å². The number of amides is 1. The van der Waals surface area contributed by atoms with Crippen LogP contribution in [0, 0.1) is 12.7 Å². The minimum absolute atomic E-state index is 0.267. The molecule has 1 heterocycles. The molecule has 0 aliphatic carbocycles. The van der Waals surface area contributed by atoms with Crippen molar-refractivity contribution in [2.24, 2.45) is 0 Å². The maximum Gasteiger partial charge on any atom is 0.270 e. The van der Waals surface area contributed by atoms with Gasteiger partial charge >= 0.3 is 0 Å². The number of nitrogens with zero attached hydrogens (tertiary/aromatic N) is 2. The van der Waals surface area contributed by atoms with E-state index in [0.29, 0.717) is 23.2 Å². The maximum absolute atomic E-state index is 12.9. The van der Waals surface area contributed by atoms with Crippen molar-refractivity contribution in [3.8, 4) is 0 Å². The maximum atomic E-state index is 12.9. The first-order chi connectivity index (χ1) is 13.0. The van der Waals surface area contributed by atoms with Crippen LogP contribution in [0.15, 0.2) is 54.6 Å². The molecule has 0 saturated heterocycles. The third kappa shape index (κ3) is 5.49. The zero-order chi connectivity index (χ0) is 19.2. The number of hydrogen-bond acceptors (Lipinski definition) is 4. The van der Waals surface area contributed by atoms with Crippen LogP contribution in [0.4, 0.5) is 10.3 Å². The number of anilines is 1. The van der Waals surface area contributed by atoms with Crippen LogP contribution >= 0.6 is 11.6 Å². The van der Waals surface area contributed by atoms with E-state index in [4.69, 9.17) is 11.6 Å². The number of rotatable bonds is 6. The molecule has 5 nitrogen and oxygen atoms in total. The van der Waals surface area contributed by atoms with Crippen LogP contribution in [0.1, 0.15) is 27.3 Å². The van der Waals surface area contributed by atoms with Gasteiger partial charge in [0, 0.05) is 23.8 Å². The van der Waals surface area contributed by atoms with Gasteiger partial charge in [-0.15, -0.1) is 0 Å². The highest BCUT2D eigenvalue weighted by Crippen LogP contribution is 2.12. The zero-order valence-corrected chi connectivity index (χ0v) is 15.4. The first-order valence-electron chi connectivity index (χ1n) is 8.36. The number of carbonyl (C=O) groups excluding carboxylic acids is 1. The molecule has 1 amide bonds. The summed E-state index contributed by atoms with van der Waals surface area (Å²) in [7, 11) is 0. The van der Waals surface area contributed by atoms with Gasteiger partial charge in [-0.2, -0.15) is 0 Å². The third-order valence-corrected chi connectivity index (χ3v) is 4.07. The van der Waals surface area contributed by atoms with Crippen LogP contribution in [0.25, 0.3) is 0 Å². The normalized spacial score (nSPS) is 10.5. The average Bonchev–Trinajstić information content (AvgIpc) is 2.66. The van der Waals surface area contributed by atoms with Gasteiger partial charge < -0.3 is 10.6 Å². The Morgan fingerprint density at radius 2 is 1.63 bits per heavy atom. The van der Waals surface area contributed by atoms with E-state index in [9.17, 15) is 9.18 Å². The molecule has 138 valence electrons. The zero-order valence-electron chi connectivity index (χ0n) is 14.7. The SMILES string of the molecule is Cc1cc(C(=O)NCc2ccc(F)cc2)nc(NCc2ccc(Cl)cc2)n1. The van der Waals surface area contributed by atoms with Crippen LogP contribution < -0.4 is 10.6 Å². The van der Waals surface area contributed by atoms with Gasteiger partial charge in [-0.3, -0.25) is 4.79 Å². The quantitative estimate of drug-likeness (QED) is 0.671. The Labute approximate surface area is 161 Å². The summed E-state index contributed by atoms with van der Waals surface area (Å²) in [5.41, 5.74) is 2.77. The summed E-state index contributed by atoms with van der Waals surface area (Å²) in [5, 5.41) is 6.56. The fraction of sp³-hybridized carbons (Fsp3) is 0.150. The van der Waals surface area contributed by atoms with E-state index in [1.165, 1.54) is 12.1 Å². The predicted octanol–water partition coefficient (Wildman–Crippen LogP) is 4.12. The first kappa shape index (κ1) is 18.8. The highest BCUT2D eigenvalue weighted by Gasteiger charge is 2.10. The highest BCUT2D eigenvalue weighted by atomic mass is 35.5. The second kappa shape index (κ2) is 8.60. The van der Waals surface area contributed by atoms with Crippen molar-refractivity contribution in [3.63, 3.8) is 0 Å². The van der Waals surface area contributed by atoms with Crippen molar-refractivity contribution in [2.75, 3.05) is 5.32 Å². The van der Waals surface area contributed by atoms with E-state index in [2.05, 4.69) is 20.6 Å². The van der Waals surface area contributed by atoms with E-state index in [0.717, 1.165) is 11.1 Å². The summed E-state index contributed by atoms with van der Waals surface area (Å²) in [6.45, 7) is 2.60. The van der Waals surface area contributed by atoms with Gasteiger partial charge in [-0.25, -0.2) is 14.4 Å². The van der Waals surface area contributed by atoms with Crippen molar-refractivity contribution in [2.45, 2.75) is 20.0 Å². The lowest BCUT2D eigenvalue weighted by Crippen LogP contribution is -2.24. The van der Waals surface area contributed by atoms with Gasteiger partial charge in [0.2, 0.25) is 5.95 Å². The molecule has 3 rings (SSSR count). The fourth-order valence-electron chi connectivity index (χ4n) is 2.42. The number of aromatic nitrogens is 2. The van der Waals surface area contributed by atoms with Crippen LogP contribution in [0.2, 0.25) is 5.02 Å². The van der Waals surface area contributed by atoms with E-state index in [-0.39, 0.29) is 24.0 Å². The fourth-order valence-corrected chi connectivity index (χ4v) is 2.55. The molecular weight excluding hydrogens is 367 g/mol. The minimum Gasteiger partial charge on any atom is -0.350 e. The Bertz CT molecular complexity index is 930. The molecule has 0 spiro atoms.